The van der Waals surface area contributed by atoms with Crippen LogP contribution in [0.5, 0.6) is 11.5 Å². The van der Waals surface area contributed by atoms with E-state index in [0.717, 1.165) is 0 Å². The summed E-state index contributed by atoms with van der Waals surface area (Å²) in [4.78, 5) is 20.4. The monoisotopic (exact) mass is 441 g/mol. The average molecular weight is 444 g/mol. The van der Waals surface area contributed by atoms with E-state index < -0.39 is 11.5 Å². The maximum absolute atomic E-state index is 10.9. The Morgan fingerprint density at radius 3 is 1.26 bits per heavy atom. The zero-order chi connectivity index (χ0) is 16.9. The predicted molar refractivity (Wildman–Crippen MR) is 82.6 cm³/mol. The van der Waals surface area contributed by atoms with Crippen LogP contribution in [0, 0.1) is 0 Å². The Balaban J connectivity index is 0.000000403. The number of carbonyl (C=O) groups excluding carboxylic acids is 2. The molecule has 2 aromatic carbocycles. The molecule has 1 radical (unpaired) electrons. The van der Waals surface area contributed by atoms with E-state index in [-0.39, 0.29) is 48.3 Å². The van der Waals surface area contributed by atoms with Crippen molar-refractivity contribution >= 4 is 59.0 Å². The molecule has 2 rings (SSSR count). The summed E-state index contributed by atoms with van der Waals surface area (Å²) in [5, 5.41) is 22.4. The van der Waals surface area contributed by atoms with Crippen molar-refractivity contribution in [2.45, 2.75) is 0 Å². The molecular formula is C14H6Cl4CuO4. The summed E-state index contributed by atoms with van der Waals surface area (Å²) in [7, 11) is 0. The first-order valence-corrected chi connectivity index (χ1v) is 7.03. The standard InChI is InChI=1S/2C7H4Cl2O2.Cu/c2*8-5-1-4(3-10)7(11)6(9)2-5;/h2*1-3,11H;/q;;+2/p-2. The second-order valence-corrected chi connectivity index (χ2v) is 5.53. The Morgan fingerprint density at radius 1 is 0.696 bits per heavy atom. The fourth-order valence-electron chi connectivity index (χ4n) is 1.34. The van der Waals surface area contributed by atoms with Crippen LogP contribution in [-0.2, 0) is 17.1 Å². The van der Waals surface area contributed by atoms with Crippen LogP contribution in [0.2, 0.25) is 20.1 Å². The molecule has 0 aliphatic heterocycles. The third kappa shape index (κ3) is 6.22. The van der Waals surface area contributed by atoms with Crippen molar-refractivity contribution in [2.24, 2.45) is 0 Å². The van der Waals surface area contributed by atoms with Gasteiger partial charge in [-0.3, -0.25) is 9.59 Å². The number of benzene rings is 2. The summed E-state index contributed by atoms with van der Waals surface area (Å²) < 4.78 is 0. The van der Waals surface area contributed by atoms with Crippen molar-refractivity contribution in [3.8, 4) is 11.5 Å². The molecule has 0 bridgehead atoms. The minimum Gasteiger partial charge on any atom is -0.871 e. The first-order chi connectivity index (χ1) is 10.3. The third-order valence-electron chi connectivity index (χ3n) is 2.33. The first-order valence-electron chi connectivity index (χ1n) is 5.52. The van der Waals surface area contributed by atoms with Gasteiger partial charge in [-0.2, -0.15) is 0 Å². The van der Waals surface area contributed by atoms with E-state index in [4.69, 9.17) is 46.4 Å². The largest absolute Gasteiger partial charge is 2.00 e. The number of carbonyl (C=O) groups is 2. The Labute approximate surface area is 162 Å². The Morgan fingerprint density at radius 2 is 1.00 bits per heavy atom. The number of hydrogen-bond acceptors (Lipinski definition) is 4. The Hall–Kier alpha value is -0.941. The molecule has 0 spiro atoms. The predicted octanol–water partition coefficient (Wildman–Crippen LogP) is 3.76. The maximum Gasteiger partial charge on any atom is 2.00 e. The van der Waals surface area contributed by atoms with Gasteiger partial charge in [0.1, 0.15) is 12.6 Å². The normalized spacial score (nSPS) is 9.22. The van der Waals surface area contributed by atoms with E-state index in [2.05, 4.69) is 0 Å². The van der Waals surface area contributed by atoms with Crippen molar-refractivity contribution < 1.29 is 36.9 Å². The minimum atomic E-state index is -0.480. The fraction of sp³-hybridized carbons (Fsp3) is 0. The van der Waals surface area contributed by atoms with Crippen molar-refractivity contribution in [3.05, 3.63) is 55.5 Å². The van der Waals surface area contributed by atoms with Gasteiger partial charge < -0.3 is 10.2 Å². The van der Waals surface area contributed by atoms with Crippen LogP contribution in [0.4, 0.5) is 0 Å². The topological polar surface area (TPSA) is 80.3 Å². The molecule has 0 heterocycles. The van der Waals surface area contributed by atoms with Gasteiger partial charge >= 0.3 is 17.1 Å². The molecule has 0 N–H and O–H groups in total. The molecule has 0 aromatic heterocycles. The molecule has 0 aliphatic rings. The van der Waals surface area contributed by atoms with Crippen LogP contribution in [0.15, 0.2) is 24.3 Å². The molecule has 125 valence electrons. The molecule has 0 atom stereocenters. The molecule has 0 amide bonds. The SMILES string of the molecule is O=Cc1cc(Cl)cc(Cl)c1[O-].O=Cc1cc(Cl)cc(Cl)c1[O-].[Cu+2]. The molecule has 0 unspecified atom stereocenters. The molecular weight excluding hydrogens is 438 g/mol. The average Bonchev–Trinajstić information content (AvgIpc) is 2.47. The molecule has 4 nitrogen and oxygen atoms in total. The van der Waals surface area contributed by atoms with Gasteiger partial charge in [-0.25, -0.2) is 0 Å². The smallest absolute Gasteiger partial charge is 0.871 e. The summed E-state index contributed by atoms with van der Waals surface area (Å²) in [5.41, 5.74) is -0.0231. The summed E-state index contributed by atoms with van der Waals surface area (Å²) in [5.74, 6) is -0.961. The van der Waals surface area contributed by atoms with Crippen molar-refractivity contribution in [1.82, 2.24) is 0 Å². The van der Waals surface area contributed by atoms with Crippen LogP contribution in [0.1, 0.15) is 20.7 Å². The molecule has 9 heteroatoms. The summed E-state index contributed by atoms with van der Waals surface area (Å²) in [6.45, 7) is 0. The summed E-state index contributed by atoms with van der Waals surface area (Å²) in [6.07, 6.45) is 0.861. The molecule has 0 saturated carbocycles. The van der Waals surface area contributed by atoms with E-state index in [1.807, 2.05) is 0 Å². The van der Waals surface area contributed by atoms with Crippen LogP contribution < -0.4 is 10.2 Å². The Kier molecular flexibility index (Phi) is 9.62. The van der Waals surface area contributed by atoms with Crippen molar-refractivity contribution in [3.63, 3.8) is 0 Å². The van der Waals surface area contributed by atoms with Gasteiger partial charge in [-0.1, -0.05) is 57.9 Å². The first kappa shape index (κ1) is 22.1. The molecule has 0 fully saturated rings. The number of rotatable bonds is 2. The zero-order valence-electron chi connectivity index (χ0n) is 10.9. The van der Waals surface area contributed by atoms with E-state index >= 15 is 0 Å². The summed E-state index contributed by atoms with van der Waals surface area (Å²) in [6, 6.07) is 5.17. The summed E-state index contributed by atoms with van der Waals surface area (Å²) >= 11 is 21.9. The van der Waals surface area contributed by atoms with Crippen LogP contribution in [-0.4, -0.2) is 12.6 Å². The minimum absolute atomic E-state index is 0. The van der Waals surface area contributed by atoms with E-state index in [9.17, 15) is 19.8 Å². The Bertz CT molecular complexity index is 661. The zero-order valence-corrected chi connectivity index (χ0v) is 14.9. The van der Waals surface area contributed by atoms with Gasteiger partial charge in [0.05, 0.1) is 0 Å². The van der Waals surface area contributed by atoms with Crippen LogP contribution >= 0.6 is 46.4 Å². The third-order valence-corrected chi connectivity index (χ3v) is 3.33. The second kappa shape index (κ2) is 10.0. The van der Waals surface area contributed by atoms with Gasteiger partial charge in [0.2, 0.25) is 0 Å². The number of aldehydes is 2. The quantitative estimate of drug-likeness (QED) is 0.523. The molecule has 0 saturated heterocycles. The molecule has 23 heavy (non-hydrogen) atoms. The van der Waals surface area contributed by atoms with Gasteiger partial charge in [0, 0.05) is 31.2 Å². The van der Waals surface area contributed by atoms with Crippen LogP contribution in [0.3, 0.4) is 0 Å². The van der Waals surface area contributed by atoms with E-state index in [1.165, 1.54) is 24.3 Å². The second-order valence-electron chi connectivity index (χ2n) is 3.85. The van der Waals surface area contributed by atoms with Crippen molar-refractivity contribution in [2.75, 3.05) is 0 Å². The van der Waals surface area contributed by atoms with Gasteiger partial charge in [-0.05, 0) is 24.3 Å². The fourth-order valence-corrected chi connectivity index (χ4v) is 2.35. The van der Waals surface area contributed by atoms with Gasteiger partial charge in [0.15, 0.2) is 0 Å². The molecule has 2 aromatic rings. The van der Waals surface area contributed by atoms with Crippen molar-refractivity contribution in [1.29, 1.82) is 0 Å². The van der Waals surface area contributed by atoms with Gasteiger partial charge in [-0.15, -0.1) is 0 Å². The van der Waals surface area contributed by atoms with Crippen LogP contribution in [0.25, 0.3) is 0 Å². The maximum atomic E-state index is 10.9. The number of hydrogen-bond donors (Lipinski definition) is 0. The number of halogens is 4. The van der Waals surface area contributed by atoms with E-state index in [1.54, 1.807) is 0 Å². The molecule has 0 aliphatic carbocycles. The van der Waals surface area contributed by atoms with E-state index in [0.29, 0.717) is 12.6 Å². The van der Waals surface area contributed by atoms with Gasteiger partial charge in [0.25, 0.3) is 0 Å².